The minimum absolute atomic E-state index is 0.0600. The van der Waals surface area contributed by atoms with Gasteiger partial charge in [-0.05, 0) is 42.4 Å². The molecule has 7 heteroatoms. The molecule has 0 saturated heterocycles. The van der Waals surface area contributed by atoms with Gasteiger partial charge < -0.3 is 9.64 Å². The molecule has 4 rings (SSSR count). The predicted molar refractivity (Wildman–Crippen MR) is 134 cm³/mol. The Morgan fingerprint density at radius 3 is 2.64 bits per heavy atom. The van der Waals surface area contributed by atoms with Gasteiger partial charge in [-0.25, -0.2) is 0 Å². The molecule has 0 unspecified atom stereocenters. The number of ether oxygens (including phenoxy) is 1. The molecule has 1 amide bonds. The highest BCUT2D eigenvalue weighted by Gasteiger charge is 2.18. The molecule has 1 heterocycles. The van der Waals surface area contributed by atoms with Crippen LogP contribution in [0.25, 0.3) is 22.2 Å². The van der Waals surface area contributed by atoms with Crippen molar-refractivity contribution in [2.75, 3.05) is 13.7 Å². The van der Waals surface area contributed by atoms with Gasteiger partial charge in [0.1, 0.15) is 12.3 Å². The number of nitrogens with zero attached hydrogens (tertiary/aromatic N) is 3. The molecule has 0 aliphatic rings. The second kappa shape index (κ2) is 10.0. The van der Waals surface area contributed by atoms with Crippen LogP contribution in [0, 0.1) is 11.7 Å². The molecule has 0 fully saturated rings. The number of likely N-dealkylation sites (N-methyl/N-ethyl adjacent to an activating group) is 1. The van der Waals surface area contributed by atoms with Crippen LogP contribution >= 0.6 is 12.2 Å². The molecule has 0 aliphatic heterocycles. The van der Waals surface area contributed by atoms with Crippen LogP contribution in [0.3, 0.4) is 0 Å². The van der Waals surface area contributed by atoms with Crippen molar-refractivity contribution in [3.05, 3.63) is 76.6 Å². The number of hydrogen-bond donors (Lipinski definition) is 1. The average Bonchev–Trinajstić information content (AvgIpc) is 3.18. The van der Waals surface area contributed by atoms with E-state index in [1.165, 1.54) is 0 Å². The fourth-order valence-electron chi connectivity index (χ4n) is 3.79. The number of fused-ring (bicyclic) bond motifs is 1. The normalized spacial score (nSPS) is 11.0. The van der Waals surface area contributed by atoms with Gasteiger partial charge in [0, 0.05) is 24.7 Å². The van der Waals surface area contributed by atoms with E-state index in [4.69, 9.17) is 17.0 Å². The molecule has 0 radical (unpaired) electrons. The number of aromatic nitrogens is 3. The van der Waals surface area contributed by atoms with Crippen molar-refractivity contribution >= 4 is 28.9 Å². The number of H-pyrrole nitrogens is 1. The first kappa shape index (κ1) is 22.7. The van der Waals surface area contributed by atoms with Crippen LogP contribution in [0.5, 0.6) is 5.75 Å². The van der Waals surface area contributed by atoms with Gasteiger partial charge in [-0.2, -0.15) is 5.10 Å². The summed E-state index contributed by atoms with van der Waals surface area (Å²) in [7, 11) is 1.81. The van der Waals surface area contributed by atoms with E-state index < -0.39 is 0 Å². The number of rotatable bonds is 8. The third kappa shape index (κ3) is 4.98. The van der Waals surface area contributed by atoms with Crippen LogP contribution in [0.1, 0.15) is 24.5 Å². The molecule has 170 valence electrons. The number of aromatic amines is 1. The van der Waals surface area contributed by atoms with Crippen molar-refractivity contribution in [1.82, 2.24) is 19.7 Å². The summed E-state index contributed by atoms with van der Waals surface area (Å²) in [5.41, 5.74) is 3.08. The Morgan fingerprint density at radius 2 is 1.88 bits per heavy atom. The molecule has 4 aromatic rings. The summed E-state index contributed by atoms with van der Waals surface area (Å²) in [6, 6.07) is 20.2. The van der Waals surface area contributed by atoms with Gasteiger partial charge in [-0.1, -0.05) is 67.1 Å². The van der Waals surface area contributed by atoms with Crippen molar-refractivity contribution in [3.63, 3.8) is 0 Å². The van der Waals surface area contributed by atoms with Crippen molar-refractivity contribution in [2.24, 2.45) is 0 Å². The Labute approximate surface area is 198 Å². The molecular weight excluding hydrogens is 432 g/mol. The van der Waals surface area contributed by atoms with Gasteiger partial charge in [-0.15, -0.1) is 0 Å². The smallest absolute Gasteiger partial charge is 0.242 e. The van der Waals surface area contributed by atoms with Crippen molar-refractivity contribution < 1.29 is 9.53 Å². The van der Waals surface area contributed by atoms with E-state index >= 15 is 0 Å². The molecule has 1 N–H and O–H groups in total. The molecule has 0 spiro atoms. The molecule has 6 nitrogen and oxygen atoms in total. The summed E-state index contributed by atoms with van der Waals surface area (Å²) in [5, 5.41) is 9.39. The van der Waals surface area contributed by atoms with Crippen LogP contribution in [0.4, 0.5) is 0 Å². The molecule has 0 atom stereocenters. The Balaban J connectivity index is 1.60. The fourth-order valence-corrected chi connectivity index (χ4v) is 3.99. The van der Waals surface area contributed by atoms with Gasteiger partial charge in [0.25, 0.3) is 0 Å². The first-order chi connectivity index (χ1) is 16.0. The molecular formula is C26H28N4O2S. The number of nitrogens with one attached hydrogen (secondary N) is 1. The lowest BCUT2D eigenvalue weighted by molar-refractivity contribution is -0.131. The molecule has 3 aromatic carbocycles. The van der Waals surface area contributed by atoms with E-state index in [0.29, 0.717) is 23.7 Å². The topological polar surface area (TPSA) is 63.1 Å². The Morgan fingerprint density at radius 1 is 1.12 bits per heavy atom. The number of benzene rings is 3. The number of carbonyl (C=O) groups excluding carboxylic acids is 1. The number of amides is 1. The van der Waals surface area contributed by atoms with E-state index in [-0.39, 0.29) is 12.5 Å². The molecule has 33 heavy (non-hydrogen) atoms. The minimum atomic E-state index is -0.0600. The standard InChI is InChI=1S/C26H28N4O2S/c1-4-15-32-23-14-13-19-7-5-6-8-21(19)22(23)16-29(3)24(31)17-30-25(27-28-26(30)33)20-11-9-18(2)10-12-20/h5-14H,4,15-17H2,1-3H3,(H,28,33). The zero-order valence-electron chi connectivity index (χ0n) is 19.2. The Kier molecular flexibility index (Phi) is 6.89. The largest absolute Gasteiger partial charge is 0.493 e. The summed E-state index contributed by atoms with van der Waals surface area (Å²) >= 11 is 5.42. The number of carbonyl (C=O) groups is 1. The third-order valence-electron chi connectivity index (χ3n) is 5.64. The average molecular weight is 461 g/mol. The monoisotopic (exact) mass is 460 g/mol. The van der Waals surface area contributed by atoms with Crippen LogP contribution in [-0.2, 0) is 17.9 Å². The lowest BCUT2D eigenvalue weighted by atomic mass is 10.0. The number of aryl methyl sites for hydroxylation is 1. The highest BCUT2D eigenvalue weighted by Crippen LogP contribution is 2.29. The number of hydrogen-bond acceptors (Lipinski definition) is 4. The van der Waals surface area contributed by atoms with Crippen LogP contribution in [-0.4, -0.2) is 39.2 Å². The van der Waals surface area contributed by atoms with Gasteiger partial charge in [-0.3, -0.25) is 14.5 Å². The lowest BCUT2D eigenvalue weighted by Crippen LogP contribution is -2.30. The van der Waals surface area contributed by atoms with E-state index in [2.05, 4.69) is 35.3 Å². The van der Waals surface area contributed by atoms with E-state index in [0.717, 1.165) is 39.6 Å². The minimum Gasteiger partial charge on any atom is -0.493 e. The quantitative estimate of drug-likeness (QED) is 0.352. The maximum absolute atomic E-state index is 13.2. The maximum Gasteiger partial charge on any atom is 0.242 e. The summed E-state index contributed by atoms with van der Waals surface area (Å²) in [5.74, 6) is 1.41. The van der Waals surface area contributed by atoms with Crippen molar-refractivity contribution in [3.8, 4) is 17.1 Å². The SMILES string of the molecule is CCCOc1ccc2ccccc2c1CN(C)C(=O)Cn1c(-c2ccc(C)cc2)n[nH]c1=S. The van der Waals surface area contributed by atoms with Gasteiger partial charge in [0.15, 0.2) is 10.6 Å². The first-order valence-electron chi connectivity index (χ1n) is 11.1. The highest BCUT2D eigenvalue weighted by molar-refractivity contribution is 7.71. The zero-order valence-corrected chi connectivity index (χ0v) is 20.0. The summed E-state index contributed by atoms with van der Waals surface area (Å²) in [6.07, 6.45) is 0.918. The molecule has 0 bridgehead atoms. The summed E-state index contributed by atoms with van der Waals surface area (Å²) in [4.78, 5) is 15.0. The van der Waals surface area contributed by atoms with E-state index in [9.17, 15) is 4.79 Å². The van der Waals surface area contributed by atoms with Crippen molar-refractivity contribution in [1.29, 1.82) is 0 Å². The predicted octanol–water partition coefficient (Wildman–Crippen LogP) is 5.52. The van der Waals surface area contributed by atoms with Gasteiger partial charge >= 0.3 is 0 Å². The lowest BCUT2D eigenvalue weighted by Gasteiger charge is -2.21. The third-order valence-corrected chi connectivity index (χ3v) is 5.95. The zero-order chi connectivity index (χ0) is 23.4. The van der Waals surface area contributed by atoms with Gasteiger partial charge in [0.05, 0.1) is 6.61 Å². The summed E-state index contributed by atoms with van der Waals surface area (Å²) in [6.45, 7) is 5.28. The van der Waals surface area contributed by atoms with Gasteiger partial charge in [0.2, 0.25) is 5.91 Å². The maximum atomic E-state index is 13.2. The second-order valence-corrected chi connectivity index (χ2v) is 8.55. The highest BCUT2D eigenvalue weighted by atomic mass is 32.1. The molecule has 0 aliphatic carbocycles. The van der Waals surface area contributed by atoms with E-state index in [1.807, 2.05) is 56.4 Å². The summed E-state index contributed by atoms with van der Waals surface area (Å²) < 4.78 is 8.18. The van der Waals surface area contributed by atoms with Crippen LogP contribution in [0.15, 0.2) is 60.7 Å². The van der Waals surface area contributed by atoms with Crippen molar-refractivity contribution in [2.45, 2.75) is 33.4 Å². The Hall–Kier alpha value is -3.45. The second-order valence-electron chi connectivity index (χ2n) is 8.17. The van der Waals surface area contributed by atoms with Crippen LogP contribution < -0.4 is 4.74 Å². The van der Waals surface area contributed by atoms with Crippen LogP contribution in [0.2, 0.25) is 0 Å². The Bertz CT molecular complexity index is 1320. The molecule has 0 saturated carbocycles. The van der Waals surface area contributed by atoms with E-state index in [1.54, 1.807) is 9.47 Å². The fraction of sp³-hybridized carbons (Fsp3) is 0.269. The molecule has 1 aromatic heterocycles. The first-order valence-corrected chi connectivity index (χ1v) is 11.5.